The van der Waals surface area contributed by atoms with Crippen LogP contribution in [0.25, 0.3) is 0 Å². The van der Waals surface area contributed by atoms with Crippen molar-refractivity contribution in [3.8, 4) is 5.75 Å². The summed E-state index contributed by atoms with van der Waals surface area (Å²) in [5.41, 5.74) is 3.94. The average molecular weight is 502 g/mol. The minimum atomic E-state index is -0.144. The molecule has 3 nitrogen and oxygen atoms in total. The second-order valence-corrected chi connectivity index (χ2v) is 10.4. The molecule has 0 radical (unpaired) electrons. The van der Waals surface area contributed by atoms with Gasteiger partial charge in [0.15, 0.2) is 0 Å². The molecule has 1 heterocycles. The molecule has 2 atom stereocenters. The summed E-state index contributed by atoms with van der Waals surface area (Å²) in [5, 5.41) is 5.72. The van der Waals surface area contributed by atoms with Gasteiger partial charge in [0.05, 0.1) is 18.2 Å². The Balaban J connectivity index is 1.81. The van der Waals surface area contributed by atoms with Crippen molar-refractivity contribution >= 4 is 40.6 Å². The molecule has 3 aromatic carbocycles. The van der Waals surface area contributed by atoms with E-state index in [1.807, 2.05) is 67.6 Å². The SMILES string of the molecule is CCOc1cc(C(C)(C)C)c(Cl)cc1C1=N[C@H](c2ccc(Cl)cc2)C(c2ccc(Cl)cc2)N1. The molecular weight excluding hydrogens is 475 g/mol. The lowest BCUT2D eigenvalue weighted by molar-refractivity contribution is 0.338. The van der Waals surface area contributed by atoms with Crippen LogP contribution in [0, 0.1) is 0 Å². The summed E-state index contributed by atoms with van der Waals surface area (Å²) in [6, 6.07) is 19.5. The van der Waals surface area contributed by atoms with E-state index in [0.717, 1.165) is 33.8 Å². The predicted molar refractivity (Wildman–Crippen MR) is 139 cm³/mol. The number of nitrogens with zero attached hydrogens (tertiary/aromatic N) is 1. The molecule has 0 aliphatic carbocycles. The fourth-order valence-electron chi connectivity index (χ4n) is 4.08. The lowest BCUT2D eigenvalue weighted by Crippen LogP contribution is -2.26. The molecule has 0 saturated carbocycles. The first-order valence-electron chi connectivity index (χ1n) is 11.0. The molecule has 0 saturated heterocycles. The van der Waals surface area contributed by atoms with Crippen LogP contribution in [0.4, 0.5) is 0 Å². The summed E-state index contributed by atoms with van der Waals surface area (Å²) in [7, 11) is 0. The summed E-state index contributed by atoms with van der Waals surface area (Å²) in [6.07, 6.45) is 0. The Labute approximate surface area is 210 Å². The largest absolute Gasteiger partial charge is 0.493 e. The highest BCUT2D eigenvalue weighted by Crippen LogP contribution is 2.41. The molecule has 0 bridgehead atoms. The van der Waals surface area contributed by atoms with E-state index in [1.54, 1.807) is 0 Å². The van der Waals surface area contributed by atoms with E-state index in [2.05, 4.69) is 26.1 Å². The van der Waals surface area contributed by atoms with E-state index < -0.39 is 0 Å². The van der Waals surface area contributed by atoms with Crippen molar-refractivity contribution in [3.05, 3.63) is 98.0 Å². The van der Waals surface area contributed by atoms with Crippen LogP contribution in [0.5, 0.6) is 5.75 Å². The third-order valence-electron chi connectivity index (χ3n) is 5.75. The van der Waals surface area contributed by atoms with E-state index in [-0.39, 0.29) is 17.5 Å². The second kappa shape index (κ2) is 9.58. The van der Waals surface area contributed by atoms with Crippen molar-refractivity contribution in [2.24, 2.45) is 4.99 Å². The zero-order valence-corrected chi connectivity index (χ0v) is 21.4. The average Bonchev–Trinajstić information content (AvgIpc) is 3.20. The number of benzene rings is 3. The van der Waals surface area contributed by atoms with Crippen molar-refractivity contribution < 1.29 is 4.74 Å². The summed E-state index contributed by atoms with van der Waals surface area (Å²) < 4.78 is 6.04. The topological polar surface area (TPSA) is 33.6 Å². The van der Waals surface area contributed by atoms with Gasteiger partial charge in [-0.15, -0.1) is 0 Å². The Morgan fingerprint density at radius 3 is 2.00 bits per heavy atom. The number of aliphatic imine (C=N–C) groups is 1. The van der Waals surface area contributed by atoms with Gasteiger partial charge in [0.2, 0.25) is 0 Å². The van der Waals surface area contributed by atoms with Crippen molar-refractivity contribution in [2.45, 2.75) is 45.2 Å². The van der Waals surface area contributed by atoms with Gasteiger partial charge in [0.1, 0.15) is 17.6 Å². The maximum atomic E-state index is 6.74. The van der Waals surface area contributed by atoms with Crippen LogP contribution in [0.1, 0.15) is 62.0 Å². The van der Waals surface area contributed by atoms with Crippen molar-refractivity contribution in [1.29, 1.82) is 0 Å². The predicted octanol–water partition coefficient (Wildman–Crippen LogP) is 8.18. The van der Waals surface area contributed by atoms with Gasteiger partial charge in [0, 0.05) is 15.1 Å². The molecule has 0 amide bonds. The minimum Gasteiger partial charge on any atom is -0.493 e. The van der Waals surface area contributed by atoms with E-state index in [9.17, 15) is 0 Å². The van der Waals surface area contributed by atoms with Gasteiger partial charge in [-0.3, -0.25) is 4.99 Å². The zero-order valence-electron chi connectivity index (χ0n) is 19.1. The van der Waals surface area contributed by atoms with Crippen LogP contribution in [0.3, 0.4) is 0 Å². The third-order valence-corrected chi connectivity index (χ3v) is 6.57. The van der Waals surface area contributed by atoms with Crippen LogP contribution in [-0.2, 0) is 5.41 Å². The van der Waals surface area contributed by atoms with Crippen molar-refractivity contribution in [2.75, 3.05) is 6.61 Å². The fraction of sp³-hybridized carbons (Fsp3) is 0.296. The number of halogens is 3. The molecule has 6 heteroatoms. The number of nitrogens with one attached hydrogen (secondary N) is 1. The van der Waals surface area contributed by atoms with Gasteiger partial charge in [-0.25, -0.2) is 0 Å². The molecule has 0 aromatic heterocycles. The Hall–Kier alpha value is -2.20. The summed E-state index contributed by atoms with van der Waals surface area (Å²) >= 11 is 19.0. The highest BCUT2D eigenvalue weighted by atomic mass is 35.5. The summed E-state index contributed by atoms with van der Waals surface area (Å²) in [4.78, 5) is 5.11. The van der Waals surface area contributed by atoms with E-state index in [4.69, 9.17) is 44.5 Å². The molecule has 0 fully saturated rings. The Bertz CT molecular complexity index is 1170. The number of amidine groups is 1. The zero-order chi connectivity index (χ0) is 23.8. The number of hydrogen-bond acceptors (Lipinski definition) is 3. The fourth-order valence-corrected chi connectivity index (χ4v) is 4.77. The van der Waals surface area contributed by atoms with Gasteiger partial charge in [0.25, 0.3) is 0 Å². The lowest BCUT2D eigenvalue weighted by atomic mass is 9.86. The molecular formula is C27H27Cl3N2O. The lowest BCUT2D eigenvalue weighted by Gasteiger charge is -2.23. The first kappa shape index (κ1) is 23.9. The monoisotopic (exact) mass is 500 g/mol. The first-order valence-corrected chi connectivity index (χ1v) is 12.1. The number of ether oxygens (including phenoxy) is 1. The highest BCUT2D eigenvalue weighted by Gasteiger charge is 2.33. The van der Waals surface area contributed by atoms with Crippen LogP contribution in [-0.4, -0.2) is 12.4 Å². The maximum Gasteiger partial charge on any atom is 0.133 e. The van der Waals surface area contributed by atoms with Crippen LogP contribution in [0.2, 0.25) is 15.1 Å². The molecule has 0 spiro atoms. The molecule has 1 N–H and O–H groups in total. The first-order chi connectivity index (χ1) is 15.7. The standard InChI is InChI=1S/C27H27Cl3N2O/c1-5-33-23-15-21(27(2,3)4)22(30)14-20(23)26-31-24(16-6-10-18(28)11-7-16)25(32-26)17-8-12-19(29)13-9-17/h6-15,24-25H,5H2,1-4H3,(H,31,32)/t24-,25?/m1/s1. The highest BCUT2D eigenvalue weighted by molar-refractivity contribution is 6.32. The van der Waals surface area contributed by atoms with Crippen molar-refractivity contribution in [1.82, 2.24) is 5.32 Å². The Kier molecular flexibility index (Phi) is 6.95. The molecule has 172 valence electrons. The summed E-state index contributed by atoms with van der Waals surface area (Å²) in [5.74, 6) is 1.52. The maximum absolute atomic E-state index is 6.74. The van der Waals surface area contributed by atoms with Crippen molar-refractivity contribution in [3.63, 3.8) is 0 Å². The molecule has 1 aliphatic heterocycles. The van der Waals surface area contributed by atoms with Crippen LogP contribution in [0.15, 0.2) is 65.7 Å². The Morgan fingerprint density at radius 2 is 1.45 bits per heavy atom. The van der Waals surface area contributed by atoms with Gasteiger partial charge < -0.3 is 10.1 Å². The van der Waals surface area contributed by atoms with Gasteiger partial charge in [-0.1, -0.05) is 79.8 Å². The normalized spacial score (nSPS) is 18.1. The third kappa shape index (κ3) is 5.16. The van der Waals surface area contributed by atoms with E-state index in [0.29, 0.717) is 21.7 Å². The number of hydrogen-bond donors (Lipinski definition) is 1. The molecule has 1 unspecified atom stereocenters. The molecule has 33 heavy (non-hydrogen) atoms. The Morgan fingerprint density at radius 1 is 0.879 bits per heavy atom. The van der Waals surface area contributed by atoms with E-state index in [1.165, 1.54) is 0 Å². The smallest absolute Gasteiger partial charge is 0.133 e. The number of rotatable bonds is 5. The minimum absolute atomic E-state index is 0.0750. The summed E-state index contributed by atoms with van der Waals surface area (Å²) in [6.45, 7) is 8.95. The van der Waals surface area contributed by atoms with Gasteiger partial charge in [-0.2, -0.15) is 0 Å². The second-order valence-electron chi connectivity index (χ2n) is 9.16. The van der Waals surface area contributed by atoms with Crippen LogP contribution < -0.4 is 10.1 Å². The van der Waals surface area contributed by atoms with Gasteiger partial charge in [-0.05, 0) is 65.4 Å². The molecule has 4 rings (SSSR count). The quantitative estimate of drug-likeness (QED) is 0.382. The van der Waals surface area contributed by atoms with Gasteiger partial charge >= 0.3 is 0 Å². The van der Waals surface area contributed by atoms with Crippen LogP contribution >= 0.6 is 34.8 Å². The molecule has 3 aromatic rings. The van der Waals surface area contributed by atoms with E-state index >= 15 is 0 Å². The molecule has 1 aliphatic rings.